The van der Waals surface area contributed by atoms with E-state index in [1.807, 2.05) is 13.0 Å². The summed E-state index contributed by atoms with van der Waals surface area (Å²) in [6, 6.07) is 6.92. The highest BCUT2D eigenvalue weighted by Gasteiger charge is 2.27. The van der Waals surface area contributed by atoms with Gasteiger partial charge in [0.2, 0.25) is 0 Å². The zero-order valence-corrected chi connectivity index (χ0v) is 12.6. The van der Waals surface area contributed by atoms with Gasteiger partial charge >= 0.3 is 0 Å². The summed E-state index contributed by atoms with van der Waals surface area (Å²) in [5.74, 6) is 0.430. The van der Waals surface area contributed by atoms with Crippen molar-refractivity contribution in [3.8, 4) is 5.75 Å². The van der Waals surface area contributed by atoms with E-state index in [0.717, 1.165) is 30.8 Å². The highest BCUT2D eigenvalue weighted by molar-refractivity contribution is 5.37. The Labute approximate surface area is 116 Å². The van der Waals surface area contributed by atoms with Gasteiger partial charge in [-0.15, -0.1) is 0 Å². The van der Waals surface area contributed by atoms with Gasteiger partial charge in [-0.05, 0) is 38.9 Å². The van der Waals surface area contributed by atoms with Gasteiger partial charge in [0.1, 0.15) is 5.75 Å². The molecule has 1 saturated heterocycles. The first-order valence-electron chi connectivity index (χ1n) is 7.26. The summed E-state index contributed by atoms with van der Waals surface area (Å²) in [6.07, 6.45) is 1.18. The van der Waals surface area contributed by atoms with E-state index in [9.17, 15) is 5.11 Å². The third-order valence-electron chi connectivity index (χ3n) is 4.46. The van der Waals surface area contributed by atoms with Crippen LogP contribution in [0.5, 0.6) is 5.75 Å². The second-order valence-corrected chi connectivity index (χ2v) is 5.78. The Morgan fingerprint density at radius 3 is 2.74 bits per heavy atom. The van der Waals surface area contributed by atoms with Crippen molar-refractivity contribution in [2.45, 2.75) is 39.3 Å². The minimum Gasteiger partial charge on any atom is -0.508 e. The fraction of sp³-hybridized carbons (Fsp3) is 0.625. The number of nitrogens with zero attached hydrogens (tertiary/aromatic N) is 2. The summed E-state index contributed by atoms with van der Waals surface area (Å²) >= 11 is 0. The van der Waals surface area contributed by atoms with Gasteiger partial charge in [-0.2, -0.15) is 0 Å². The summed E-state index contributed by atoms with van der Waals surface area (Å²) in [6.45, 7) is 9.72. The molecule has 1 fully saturated rings. The number of aromatic hydroxyl groups is 1. The molecule has 1 heterocycles. The number of rotatable bonds is 3. The number of hydrogen-bond donors (Lipinski definition) is 1. The molecule has 0 radical (unpaired) electrons. The fourth-order valence-corrected chi connectivity index (χ4v) is 2.97. The molecule has 1 aliphatic heterocycles. The van der Waals surface area contributed by atoms with Gasteiger partial charge < -0.3 is 10.0 Å². The van der Waals surface area contributed by atoms with Gasteiger partial charge in [-0.3, -0.25) is 4.90 Å². The average molecular weight is 262 g/mol. The number of phenols is 1. The zero-order valence-electron chi connectivity index (χ0n) is 12.6. The number of likely N-dealkylation sites (N-methyl/N-ethyl adjacent to an activating group) is 1. The molecule has 0 amide bonds. The number of hydrogen-bond acceptors (Lipinski definition) is 3. The van der Waals surface area contributed by atoms with Crippen molar-refractivity contribution in [3.05, 3.63) is 29.3 Å². The van der Waals surface area contributed by atoms with Crippen LogP contribution in [0.3, 0.4) is 0 Å². The summed E-state index contributed by atoms with van der Waals surface area (Å²) in [4.78, 5) is 4.93. The van der Waals surface area contributed by atoms with Gasteiger partial charge in [-0.25, -0.2) is 0 Å². The normalized spacial score (nSPS) is 23.5. The molecule has 0 aliphatic carbocycles. The lowest BCUT2D eigenvalue weighted by Crippen LogP contribution is -2.51. The first-order chi connectivity index (χ1) is 9.02. The maximum Gasteiger partial charge on any atom is 0.120 e. The summed E-state index contributed by atoms with van der Waals surface area (Å²) in [5, 5.41) is 10.1. The Morgan fingerprint density at radius 1 is 1.37 bits per heavy atom. The predicted molar refractivity (Wildman–Crippen MR) is 79.5 cm³/mol. The zero-order chi connectivity index (χ0) is 14.0. The van der Waals surface area contributed by atoms with Crippen LogP contribution in [0.1, 0.15) is 37.4 Å². The Morgan fingerprint density at radius 2 is 2.11 bits per heavy atom. The first-order valence-corrected chi connectivity index (χ1v) is 7.26. The highest BCUT2D eigenvalue weighted by atomic mass is 16.3. The second-order valence-electron chi connectivity index (χ2n) is 5.78. The van der Waals surface area contributed by atoms with Crippen molar-refractivity contribution in [2.75, 3.05) is 26.7 Å². The first kappa shape index (κ1) is 14.4. The molecule has 2 rings (SSSR count). The lowest BCUT2D eigenvalue weighted by atomic mass is 10.0. The van der Waals surface area contributed by atoms with Gasteiger partial charge in [0.25, 0.3) is 0 Å². The van der Waals surface area contributed by atoms with E-state index in [-0.39, 0.29) is 6.04 Å². The van der Waals surface area contributed by atoms with Crippen molar-refractivity contribution < 1.29 is 5.11 Å². The number of piperazine rings is 1. The predicted octanol–water partition coefficient (Wildman–Crippen LogP) is 2.79. The van der Waals surface area contributed by atoms with Crippen LogP contribution in [-0.4, -0.2) is 47.6 Å². The molecule has 106 valence electrons. The van der Waals surface area contributed by atoms with E-state index in [0.29, 0.717) is 11.8 Å². The van der Waals surface area contributed by atoms with Gasteiger partial charge in [-0.1, -0.05) is 19.1 Å². The Hall–Kier alpha value is -1.06. The smallest absolute Gasteiger partial charge is 0.120 e. The molecule has 19 heavy (non-hydrogen) atoms. The van der Waals surface area contributed by atoms with Crippen LogP contribution < -0.4 is 0 Å². The van der Waals surface area contributed by atoms with Crippen molar-refractivity contribution in [1.29, 1.82) is 0 Å². The van der Waals surface area contributed by atoms with Crippen molar-refractivity contribution in [2.24, 2.45) is 0 Å². The summed E-state index contributed by atoms with van der Waals surface area (Å²) < 4.78 is 0. The van der Waals surface area contributed by atoms with Crippen LogP contribution in [0.25, 0.3) is 0 Å². The van der Waals surface area contributed by atoms with Crippen molar-refractivity contribution in [3.63, 3.8) is 0 Å². The molecule has 1 aromatic rings. The van der Waals surface area contributed by atoms with Crippen molar-refractivity contribution in [1.82, 2.24) is 9.80 Å². The molecular formula is C16H26N2O. The topological polar surface area (TPSA) is 26.7 Å². The van der Waals surface area contributed by atoms with Crippen LogP contribution in [0, 0.1) is 6.92 Å². The molecule has 2 atom stereocenters. The standard InChI is InChI=1S/C16H26N2O/c1-5-14-11-18(9-8-17(14)4)13(3)15-7-6-12(2)10-16(15)19/h6-7,10,13-14,19H,5,8-9,11H2,1-4H3. The van der Waals surface area contributed by atoms with Gasteiger partial charge in [0.15, 0.2) is 0 Å². The van der Waals surface area contributed by atoms with Crippen LogP contribution in [0.2, 0.25) is 0 Å². The molecule has 0 saturated carbocycles. The Bertz CT molecular complexity index is 433. The molecule has 3 nitrogen and oxygen atoms in total. The Balaban J connectivity index is 2.13. The minimum absolute atomic E-state index is 0.281. The quantitative estimate of drug-likeness (QED) is 0.907. The summed E-state index contributed by atoms with van der Waals surface area (Å²) in [5.41, 5.74) is 2.16. The Kier molecular flexibility index (Phi) is 4.48. The highest BCUT2D eigenvalue weighted by Crippen LogP contribution is 2.30. The second kappa shape index (κ2) is 5.93. The van der Waals surface area contributed by atoms with Crippen LogP contribution in [0.4, 0.5) is 0 Å². The van der Waals surface area contributed by atoms with Gasteiger partial charge in [0, 0.05) is 37.3 Å². The largest absolute Gasteiger partial charge is 0.508 e. The molecule has 1 aromatic carbocycles. The number of aryl methyl sites for hydroxylation is 1. The maximum atomic E-state index is 10.1. The SMILES string of the molecule is CCC1CN(C(C)c2ccc(C)cc2O)CCN1C. The molecule has 2 unspecified atom stereocenters. The molecule has 0 aromatic heterocycles. The van der Waals surface area contributed by atoms with Crippen LogP contribution in [-0.2, 0) is 0 Å². The number of phenolic OH excluding ortho intramolecular Hbond substituents is 1. The molecule has 0 bridgehead atoms. The average Bonchev–Trinajstić information content (AvgIpc) is 2.38. The lowest BCUT2D eigenvalue weighted by Gasteiger charge is -2.42. The van der Waals surface area contributed by atoms with Crippen LogP contribution in [0.15, 0.2) is 18.2 Å². The molecule has 3 heteroatoms. The lowest BCUT2D eigenvalue weighted by molar-refractivity contribution is 0.0667. The summed E-state index contributed by atoms with van der Waals surface area (Å²) in [7, 11) is 2.21. The fourth-order valence-electron chi connectivity index (χ4n) is 2.97. The molecular weight excluding hydrogens is 236 g/mol. The minimum atomic E-state index is 0.281. The molecule has 1 N–H and O–H groups in total. The maximum absolute atomic E-state index is 10.1. The monoisotopic (exact) mass is 262 g/mol. The molecule has 1 aliphatic rings. The third-order valence-corrected chi connectivity index (χ3v) is 4.46. The molecule has 0 spiro atoms. The van der Waals surface area contributed by atoms with E-state index >= 15 is 0 Å². The van der Waals surface area contributed by atoms with E-state index in [1.165, 1.54) is 6.42 Å². The van der Waals surface area contributed by atoms with E-state index in [4.69, 9.17) is 0 Å². The van der Waals surface area contributed by atoms with E-state index in [1.54, 1.807) is 0 Å². The van der Waals surface area contributed by atoms with E-state index in [2.05, 4.69) is 42.8 Å². The number of benzene rings is 1. The van der Waals surface area contributed by atoms with E-state index < -0.39 is 0 Å². The van der Waals surface area contributed by atoms with Crippen molar-refractivity contribution >= 4 is 0 Å². The van der Waals surface area contributed by atoms with Gasteiger partial charge in [0.05, 0.1) is 0 Å². The van der Waals surface area contributed by atoms with Crippen LogP contribution >= 0.6 is 0 Å². The third kappa shape index (κ3) is 3.10.